The first-order valence-electron chi connectivity index (χ1n) is 6.98. The van der Waals surface area contributed by atoms with Crippen LogP contribution in [0.1, 0.15) is 23.6 Å². The molecule has 0 amide bonds. The van der Waals surface area contributed by atoms with Crippen molar-refractivity contribution in [3.05, 3.63) is 64.5 Å². The van der Waals surface area contributed by atoms with E-state index in [2.05, 4.69) is 41.5 Å². The molecular formula is C17H18N2OS. The van der Waals surface area contributed by atoms with Gasteiger partial charge in [-0.05, 0) is 25.4 Å². The Morgan fingerprint density at radius 3 is 2.71 bits per heavy atom. The van der Waals surface area contributed by atoms with Crippen molar-refractivity contribution in [2.75, 3.05) is 7.05 Å². The maximum absolute atomic E-state index is 5.47. The monoisotopic (exact) mass is 298 g/mol. The van der Waals surface area contributed by atoms with E-state index in [1.54, 1.807) is 11.3 Å². The molecule has 1 unspecified atom stereocenters. The predicted molar refractivity (Wildman–Crippen MR) is 86.1 cm³/mol. The molecule has 2 heterocycles. The van der Waals surface area contributed by atoms with E-state index >= 15 is 0 Å². The smallest absolute Gasteiger partial charge is 0.151 e. The molecule has 108 valence electrons. The van der Waals surface area contributed by atoms with E-state index in [0.717, 1.165) is 23.6 Å². The standard InChI is InChI=1S/C17H18N2OS/c1-13(17-9-6-10-21-17)19(2)12-15-11-16(18-20-15)14-7-4-3-5-8-14/h3-11,13H,12H2,1-2H3. The molecule has 0 spiro atoms. The van der Waals surface area contributed by atoms with Gasteiger partial charge in [0.1, 0.15) is 5.69 Å². The van der Waals surface area contributed by atoms with Gasteiger partial charge < -0.3 is 4.52 Å². The van der Waals surface area contributed by atoms with Crippen LogP contribution in [0.3, 0.4) is 0 Å². The average molecular weight is 298 g/mol. The molecule has 1 aromatic carbocycles. The summed E-state index contributed by atoms with van der Waals surface area (Å²) in [6.45, 7) is 2.96. The van der Waals surface area contributed by atoms with E-state index in [1.165, 1.54) is 4.88 Å². The number of benzene rings is 1. The molecule has 3 rings (SSSR count). The number of aromatic nitrogens is 1. The summed E-state index contributed by atoms with van der Waals surface area (Å²) in [5.74, 6) is 0.889. The van der Waals surface area contributed by atoms with Gasteiger partial charge >= 0.3 is 0 Å². The van der Waals surface area contributed by atoms with Crippen LogP contribution in [0.5, 0.6) is 0 Å². The van der Waals surface area contributed by atoms with Gasteiger partial charge in [-0.1, -0.05) is 41.6 Å². The summed E-state index contributed by atoms with van der Waals surface area (Å²) in [7, 11) is 2.11. The third-order valence-electron chi connectivity index (χ3n) is 3.65. The number of nitrogens with zero attached hydrogens (tertiary/aromatic N) is 2. The lowest BCUT2D eigenvalue weighted by molar-refractivity contribution is 0.223. The lowest BCUT2D eigenvalue weighted by atomic mass is 10.1. The Kier molecular flexibility index (Phi) is 4.18. The highest BCUT2D eigenvalue weighted by Crippen LogP contribution is 2.26. The Morgan fingerprint density at radius 2 is 2.00 bits per heavy atom. The Balaban J connectivity index is 1.70. The number of hydrogen-bond donors (Lipinski definition) is 0. The van der Waals surface area contributed by atoms with Gasteiger partial charge in [-0.2, -0.15) is 0 Å². The van der Waals surface area contributed by atoms with E-state index in [9.17, 15) is 0 Å². The van der Waals surface area contributed by atoms with E-state index < -0.39 is 0 Å². The van der Waals surface area contributed by atoms with Crippen LogP contribution in [0.15, 0.2) is 58.4 Å². The quantitative estimate of drug-likeness (QED) is 0.689. The zero-order valence-corrected chi connectivity index (χ0v) is 13.0. The molecule has 0 aliphatic heterocycles. The normalized spacial score (nSPS) is 12.7. The van der Waals surface area contributed by atoms with Gasteiger partial charge in [-0.15, -0.1) is 11.3 Å². The fourth-order valence-corrected chi connectivity index (χ4v) is 3.11. The molecule has 1 atom stereocenters. The summed E-state index contributed by atoms with van der Waals surface area (Å²) in [6, 6.07) is 16.8. The third-order valence-corrected chi connectivity index (χ3v) is 4.69. The van der Waals surface area contributed by atoms with Crippen LogP contribution in [-0.2, 0) is 6.54 Å². The van der Waals surface area contributed by atoms with Crippen molar-refractivity contribution in [2.45, 2.75) is 19.5 Å². The minimum atomic E-state index is 0.371. The molecule has 4 heteroatoms. The highest BCUT2D eigenvalue weighted by molar-refractivity contribution is 7.10. The highest BCUT2D eigenvalue weighted by Gasteiger charge is 2.15. The fourth-order valence-electron chi connectivity index (χ4n) is 2.26. The van der Waals surface area contributed by atoms with Gasteiger partial charge in [0.2, 0.25) is 0 Å². The Labute approximate surface area is 128 Å². The molecule has 0 N–H and O–H groups in total. The molecule has 3 nitrogen and oxygen atoms in total. The van der Waals surface area contributed by atoms with Crippen LogP contribution in [0.25, 0.3) is 11.3 Å². The zero-order valence-electron chi connectivity index (χ0n) is 12.2. The van der Waals surface area contributed by atoms with Gasteiger partial charge in [-0.3, -0.25) is 4.90 Å². The molecular weight excluding hydrogens is 280 g/mol. The largest absolute Gasteiger partial charge is 0.359 e. The third kappa shape index (κ3) is 3.23. The van der Waals surface area contributed by atoms with Crippen LogP contribution >= 0.6 is 11.3 Å². The fraction of sp³-hybridized carbons (Fsp3) is 0.235. The van der Waals surface area contributed by atoms with Gasteiger partial charge in [-0.25, -0.2) is 0 Å². The molecule has 0 saturated carbocycles. The average Bonchev–Trinajstić information content (AvgIpc) is 3.19. The van der Waals surface area contributed by atoms with Crippen molar-refractivity contribution in [3.8, 4) is 11.3 Å². The molecule has 0 aliphatic carbocycles. The molecule has 0 aliphatic rings. The summed E-state index contributed by atoms with van der Waals surface area (Å²) < 4.78 is 5.47. The number of hydrogen-bond acceptors (Lipinski definition) is 4. The van der Waals surface area contributed by atoms with Crippen molar-refractivity contribution in [2.24, 2.45) is 0 Å². The maximum atomic E-state index is 5.47. The minimum absolute atomic E-state index is 0.371. The van der Waals surface area contributed by atoms with Crippen molar-refractivity contribution >= 4 is 11.3 Å². The predicted octanol–water partition coefficient (Wildman–Crippen LogP) is 4.60. The van der Waals surface area contributed by atoms with Crippen molar-refractivity contribution in [1.29, 1.82) is 0 Å². The van der Waals surface area contributed by atoms with Crippen LogP contribution in [-0.4, -0.2) is 17.1 Å². The Morgan fingerprint density at radius 1 is 1.19 bits per heavy atom. The Bertz CT molecular complexity index is 676. The van der Waals surface area contributed by atoms with E-state index in [0.29, 0.717) is 6.04 Å². The highest BCUT2D eigenvalue weighted by atomic mass is 32.1. The van der Waals surface area contributed by atoms with Crippen LogP contribution < -0.4 is 0 Å². The number of rotatable bonds is 5. The second-order valence-electron chi connectivity index (χ2n) is 5.15. The van der Waals surface area contributed by atoms with E-state index in [1.807, 2.05) is 36.4 Å². The van der Waals surface area contributed by atoms with Gasteiger partial charge in [0.05, 0.1) is 6.54 Å². The molecule has 2 aromatic heterocycles. The van der Waals surface area contributed by atoms with Gasteiger partial charge in [0.25, 0.3) is 0 Å². The summed E-state index contributed by atoms with van der Waals surface area (Å²) in [6.07, 6.45) is 0. The molecule has 21 heavy (non-hydrogen) atoms. The molecule has 0 saturated heterocycles. The van der Waals surface area contributed by atoms with E-state index in [4.69, 9.17) is 4.52 Å². The SMILES string of the molecule is CC(c1cccs1)N(C)Cc1cc(-c2ccccc2)no1. The van der Waals surface area contributed by atoms with Gasteiger partial charge in [0.15, 0.2) is 5.76 Å². The first-order valence-corrected chi connectivity index (χ1v) is 7.86. The summed E-state index contributed by atoms with van der Waals surface area (Å²) in [5, 5.41) is 6.28. The second kappa shape index (κ2) is 6.24. The van der Waals surface area contributed by atoms with Crippen LogP contribution in [0, 0.1) is 0 Å². The summed E-state index contributed by atoms with van der Waals surface area (Å²) >= 11 is 1.78. The molecule has 0 radical (unpaired) electrons. The minimum Gasteiger partial charge on any atom is -0.359 e. The first kappa shape index (κ1) is 14.0. The van der Waals surface area contributed by atoms with Crippen LogP contribution in [0.2, 0.25) is 0 Å². The van der Waals surface area contributed by atoms with Crippen LogP contribution in [0.4, 0.5) is 0 Å². The van der Waals surface area contributed by atoms with Crippen molar-refractivity contribution in [1.82, 2.24) is 10.1 Å². The summed E-state index contributed by atoms with van der Waals surface area (Å²) in [4.78, 5) is 3.63. The topological polar surface area (TPSA) is 29.3 Å². The zero-order chi connectivity index (χ0) is 14.7. The van der Waals surface area contributed by atoms with Gasteiger partial charge in [0, 0.05) is 22.5 Å². The first-order chi connectivity index (χ1) is 10.2. The van der Waals surface area contributed by atoms with Crippen molar-refractivity contribution < 1.29 is 4.52 Å². The van der Waals surface area contributed by atoms with Crippen molar-refractivity contribution in [3.63, 3.8) is 0 Å². The molecule has 0 fully saturated rings. The lowest BCUT2D eigenvalue weighted by Crippen LogP contribution is -2.20. The molecule has 0 bridgehead atoms. The summed E-state index contributed by atoms with van der Waals surface area (Å²) in [5.41, 5.74) is 1.98. The van der Waals surface area contributed by atoms with E-state index in [-0.39, 0.29) is 0 Å². The maximum Gasteiger partial charge on any atom is 0.151 e. The number of thiophene rings is 1. The second-order valence-corrected chi connectivity index (χ2v) is 6.13. The molecule has 3 aromatic rings. The lowest BCUT2D eigenvalue weighted by Gasteiger charge is -2.22. The Hall–Kier alpha value is -1.91.